The predicted molar refractivity (Wildman–Crippen MR) is 63.6 cm³/mol. The summed E-state index contributed by atoms with van der Waals surface area (Å²) < 4.78 is 18.1. The zero-order chi connectivity index (χ0) is 13.7. The van der Waals surface area contributed by atoms with Crippen LogP contribution in [0.3, 0.4) is 0 Å². The maximum Gasteiger partial charge on any atom is 0.248 e. The normalized spacial score (nSPS) is 24.2. The summed E-state index contributed by atoms with van der Waals surface area (Å²) in [5.74, 6) is -0.654. The molecule has 0 aromatic carbocycles. The van der Waals surface area contributed by atoms with Gasteiger partial charge >= 0.3 is 0 Å². The first-order valence-electron chi connectivity index (χ1n) is 5.83. The van der Waals surface area contributed by atoms with Crippen LogP contribution in [0.15, 0.2) is 0 Å². The summed E-state index contributed by atoms with van der Waals surface area (Å²) in [7, 11) is 3.08. The Morgan fingerprint density at radius 2 is 2.22 bits per heavy atom. The molecule has 0 aliphatic carbocycles. The van der Waals surface area contributed by atoms with E-state index in [1.807, 2.05) is 0 Å². The summed E-state index contributed by atoms with van der Waals surface area (Å²) in [6.07, 6.45) is -0.655. The van der Waals surface area contributed by atoms with Gasteiger partial charge in [-0.25, -0.2) is 4.39 Å². The van der Waals surface area contributed by atoms with Gasteiger partial charge in [0.2, 0.25) is 11.8 Å². The Labute approximate surface area is 106 Å². The molecule has 2 atom stereocenters. The molecule has 1 saturated heterocycles. The molecule has 0 radical (unpaired) electrons. The van der Waals surface area contributed by atoms with E-state index in [1.165, 1.54) is 12.0 Å². The Bertz CT molecular complexity index is 314. The number of rotatable bonds is 6. The second-order valence-electron chi connectivity index (χ2n) is 4.59. The van der Waals surface area contributed by atoms with Crippen molar-refractivity contribution in [2.75, 3.05) is 40.4 Å². The first-order valence-corrected chi connectivity index (χ1v) is 5.83. The van der Waals surface area contributed by atoms with Gasteiger partial charge in [0.15, 0.2) is 0 Å². The Balaban J connectivity index is 2.52. The lowest BCUT2D eigenvalue weighted by molar-refractivity contribution is -0.134. The van der Waals surface area contributed by atoms with Crippen LogP contribution in [-0.2, 0) is 14.3 Å². The van der Waals surface area contributed by atoms with Crippen molar-refractivity contribution in [3.8, 4) is 0 Å². The van der Waals surface area contributed by atoms with Crippen LogP contribution >= 0.6 is 0 Å². The third-order valence-electron chi connectivity index (χ3n) is 3.01. The highest BCUT2D eigenvalue weighted by atomic mass is 19.1. The van der Waals surface area contributed by atoms with Gasteiger partial charge in [0.05, 0.1) is 6.54 Å². The van der Waals surface area contributed by atoms with Crippen molar-refractivity contribution in [3.05, 3.63) is 0 Å². The molecule has 6 nitrogen and oxygen atoms in total. The summed E-state index contributed by atoms with van der Waals surface area (Å²) >= 11 is 0. The average molecular weight is 261 g/mol. The lowest BCUT2D eigenvalue weighted by atomic mass is 10.2. The van der Waals surface area contributed by atoms with Crippen molar-refractivity contribution < 1.29 is 18.7 Å². The topological polar surface area (TPSA) is 75.9 Å². The number of amides is 2. The van der Waals surface area contributed by atoms with E-state index < -0.39 is 12.1 Å². The van der Waals surface area contributed by atoms with E-state index >= 15 is 0 Å². The molecule has 2 N–H and O–H groups in total. The number of carbonyl (C=O) groups is 2. The molecule has 1 fully saturated rings. The van der Waals surface area contributed by atoms with Crippen molar-refractivity contribution in [2.24, 2.45) is 5.73 Å². The summed E-state index contributed by atoms with van der Waals surface area (Å²) in [5.41, 5.74) is 5.11. The molecule has 0 aromatic rings. The first-order chi connectivity index (χ1) is 8.43. The van der Waals surface area contributed by atoms with Crippen molar-refractivity contribution in [1.82, 2.24) is 9.80 Å². The number of alkyl halides is 1. The average Bonchev–Trinajstić information content (AvgIpc) is 2.58. The summed E-state index contributed by atoms with van der Waals surface area (Å²) in [4.78, 5) is 25.6. The molecule has 0 aromatic heterocycles. The number of methoxy groups -OCH3 is 1. The first kappa shape index (κ1) is 14.8. The van der Waals surface area contributed by atoms with Gasteiger partial charge in [-0.2, -0.15) is 0 Å². The van der Waals surface area contributed by atoms with Gasteiger partial charge in [-0.1, -0.05) is 0 Å². The highest BCUT2D eigenvalue weighted by molar-refractivity contribution is 5.77. The Kier molecular flexibility index (Phi) is 5.49. The number of hydrogen-bond donors (Lipinski definition) is 1. The van der Waals surface area contributed by atoms with Gasteiger partial charge in [-0.15, -0.1) is 0 Å². The largest absolute Gasteiger partial charge is 0.375 e. The van der Waals surface area contributed by atoms with Crippen molar-refractivity contribution >= 4 is 11.8 Å². The van der Waals surface area contributed by atoms with Gasteiger partial charge in [0.25, 0.3) is 0 Å². The number of halogens is 1. The van der Waals surface area contributed by atoms with Gasteiger partial charge in [-0.3, -0.25) is 14.5 Å². The third kappa shape index (κ3) is 4.23. The molecule has 0 bridgehead atoms. The lowest BCUT2D eigenvalue weighted by Crippen LogP contribution is -2.45. The number of likely N-dealkylation sites (N-methyl/N-ethyl adjacent to an activating group) is 1. The fourth-order valence-electron chi connectivity index (χ4n) is 2.16. The Morgan fingerprint density at radius 1 is 1.56 bits per heavy atom. The number of likely N-dealkylation sites (tertiary alicyclic amines) is 1. The van der Waals surface area contributed by atoms with Crippen LogP contribution in [0.25, 0.3) is 0 Å². The molecule has 0 spiro atoms. The minimum absolute atomic E-state index is 0.00189. The van der Waals surface area contributed by atoms with Crippen LogP contribution in [-0.4, -0.2) is 74.2 Å². The number of nitrogens with zero attached hydrogens (tertiary/aromatic N) is 2. The van der Waals surface area contributed by atoms with Crippen LogP contribution in [0, 0.1) is 0 Å². The molecular weight excluding hydrogens is 241 g/mol. The predicted octanol–water partition coefficient (Wildman–Crippen LogP) is -1.01. The molecule has 18 heavy (non-hydrogen) atoms. The molecule has 0 saturated carbocycles. The Hall–Kier alpha value is -1.21. The van der Waals surface area contributed by atoms with Crippen molar-refractivity contribution in [2.45, 2.75) is 18.6 Å². The van der Waals surface area contributed by atoms with E-state index in [0.717, 1.165) is 0 Å². The van der Waals surface area contributed by atoms with Gasteiger partial charge in [0, 0.05) is 33.3 Å². The zero-order valence-corrected chi connectivity index (χ0v) is 10.8. The summed E-state index contributed by atoms with van der Waals surface area (Å²) in [6, 6.07) is -0.168. The standard InChI is InChI=1S/C11H20FN3O3/c1-14(11(17)7-18-2)5-9-3-8(12)4-15(9)6-10(13)16/h8-9H,3-7H2,1-2H3,(H2,13,16)/t8-,9-/m0/s1. The summed E-state index contributed by atoms with van der Waals surface area (Å²) in [5, 5.41) is 0. The second kappa shape index (κ2) is 6.65. The molecular formula is C11H20FN3O3. The number of hydrogen-bond acceptors (Lipinski definition) is 4. The summed E-state index contributed by atoms with van der Waals surface area (Å²) in [6.45, 7) is 0.589. The smallest absolute Gasteiger partial charge is 0.248 e. The molecule has 1 heterocycles. The molecule has 1 aliphatic heterocycles. The molecule has 7 heteroatoms. The number of ether oxygens (including phenoxy) is 1. The molecule has 2 amide bonds. The maximum atomic E-state index is 13.4. The quantitative estimate of drug-likeness (QED) is 0.664. The van der Waals surface area contributed by atoms with Gasteiger partial charge in [-0.05, 0) is 6.42 Å². The number of nitrogens with two attached hydrogens (primary N) is 1. The molecule has 1 aliphatic rings. The number of carbonyl (C=O) groups excluding carboxylic acids is 2. The van der Waals surface area contributed by atoms with Crippen LogP contribution < -0.4 is 5.73 Å². The lowest BCUT2D eigenvalue weighted by Gasteiger charge is -2.27. The molecule has 1 rings (SSSR count). The number of primary amides is 1. The maximum absolute atomic E-state index is 13.4. The van der Waals surface area contributed by atoms with E-state index in [0.29, 0.717) is 13.0 Å². The highest BCUT2D eigenvalue weighted by Crippen LogP contribution is 2.20. The highest BCUT2D eigenvalue weighted by Gasteiger charge is 2.34. The minimum atomic E-state index is -0.972. The van der Waals surface area contributed by atoms with E-state index in [9.17, 15) is 14.0 Å². The molecule has 0 unspecified atom stereocenters. The van der Waals surface area contributed by atoms with Crippen LogP contribution in [0.1, 0.15) is 6.42 Å². The van der Waals surface area contributed by atoms with E-state index in [2.05, 4.69) is 0 Å². The van der Waals surface area contributed by atoms with E-state index in [4.69, 9.17) is 10.5 Å². The van der Waals surface area contributed by atoms with Gasteiger partial charge in [0.1, 0.15) is 12.8 Å². The van der Waals surface area contributed by atoms with E-state index in [1.54, 1.807) is 11.9 Å². The fraction of sp³-hybridized carbons (Fsp3) is 0.818. The molecule has 104 valence electrons. The minimum Gasteiger partial charge on any atom is -0.375 e. The van der Waals surface area contributed by atoms with Crippen molar-refractivity contribution in [3.63, 3.8) is 0 Å². The van der Waals surface area contributed by atoms with Crippen LogP contribution in [0.2, 0.25) is 0 Å². The SMILES string of the molecule is COCC(=O)N(C)C[C@@H]1C[C@H](F)CN1CC(N)=O. The monoisotopic (exact) mass is 261 g/mol. The zero-order valence-electron chi connectivity index (χ0n) is 10.8. The van der Waals surface area contributed by atoms with Gasteiger partial charge < -0.3 is 15.4 Å². The fourth-order valence-corrected chi connectivity index (χ4v) is 2.16. The van der Waals surface area contributed by atoms with Crippen molar-refractivity contribution in [1.29, 1.82) is 0 Å². The van der Waals surface area contributed by atoms with Crippen LogP contribution in [0.5, 0.6) is 0 Å². The van der Waals surface area contributed by atoms with E-state index in [-0.39, 0.29) is 31.6 Å². The second-order valence-corrected chi connectivity index (χ2v) is 4.59. The Morgan fingerprint density at radius 3 is 2.78 bits per heavy atom. The third-order valence-corrected chi connectivity index (χ3v) is 3.01. The van der Waals surface area contributed by atoms with Crippen LogP contribution in [0.4, 0.5) is 4.39 Å².